The van der Waals surface area contributed by atoms with Gasteiger partial charge in [0.2, 0.25) is 0 Å². The predicted octanol–water partition coefficient (Wildman–Crippen LogP) is 9.81. The molecule has 1 saturated heterocycles. The topological polar surface area (TPSA) is 12.2 Å². The van der Waals surface area contributed by atoms with Crippen LogP contribution in [0, 0.1) is 0 Å². The Morgan fingerprint density at radius 2 is 1.20 bits per heavy atom. The number of unbranched alkanes of at least 4 members (excludes halogenated alkanes) is 3. The van der Waals surface area contributed by atoms with Crippen molar-refractivity contribution in [2.45, 2.75) is 86.0 Å². The van der Waals surface area contributed by atoms with Gasteiger partial charge in [-0.1, -0.05) is 0 Å². The van der Waals surface area contributed by atoms with Crippen LogP contribution in [0.3, 0.4) is 0 Å². The van der Waals surface area contributed by atoms with Gasteiger partial charge in [-0.3, -0.25) is 4.90 Å². The first-order valence-electron chi connectivity index (χ1n) is 16.5. The Hall–Kier alpha value is -2.04. The summed E-state index contributed by atoms with van der Waals surface area (Å²) >= 11 is -2.47. The Balaban J connectivity index is 1.71. The van der Waals surface area contributed by atoms with Crippen LogP contribution in [-0.4, -0.2) is 49.5 Å². The first kappa shape index (κ1) is 31.9. The van der Waals surface area contributed by atoms with Gasteiger partial charge < -0.3 is 0 Å². The van der Waals surface area contributed by atoms with E-state index in [1.165, 1.54) is 92.8 Å². The fourth-order valence-electron chi connectivity index (χ4n) is 6.33. The molecule has 3 heteroatoms. The quantitative estimate of drug-likeness (QED) is 0.0767. The van der Waals surface area contributed by atoms with Crippen LogP contribution in [0.15, 0.2) is 78.9 Å². The number of allylic oxidation sites excluding steroid dienone is 1. The zero-order valence-corrected chi connectivity index (χ0v) is 29.1. The van der Waals surface area contributed by atoms with Crippen molar-refractivity contribution in [2.75, 3.05) is 26.2 Å². The molecule has 0 aliphatic carbocycles. The maximum atomic E-state index is 6.07. The average molecular weight is 659 g/mol. The molecule has 1 aliphatic rings. The Morgan fingerprint density at radius 3 is 1.68 bits per heavy atom. The summed E-state index contributed by atoms with van der Waals surface area (Å²) in [5.41, 5.74) is 6.69. The van der Waals surface area contributed by atoms with Crippen LogP contribution in [0.4, 0.5) is 0 Å². The molecule has 3 aromatic rings. The summed E-state index contributed by atoms with van der Waals surface area (Å²) in [5, 5.41) is 0. The normalized spacial score (nSPS) is 14.1. The van der Waals surface area contributed by atoms with Gasteiger partial charge in [0.1, 0.15) is 0 Å². The van der Waals surface area contributed by atoms with Crippen LogP contribution in [0.5, 0.6) is 5.75 Å². The second-order valence-electron chi connectivity index (χ2n) is 12.0. The molecule has 4 rings (SSSR count). The van der Waals surface area contributed by atoms with E-state index in [1.807, 2.05) is 0 Å². The molecule has 2 nitrogen and oxygen atoms in total. The van der Waals surface area contributed by atoms with E-state index in [-0.39, 0.29) is 0 Å². The van der Waals surface area contributed by atoms with Crippen LogP contribution in [0.1, 0.15) is 89.3 Å². The van der Waals surface area contributed by atoms with Crippen molar-refractivity contribution in [3.05, 3.63) is 95.6 Å². The third-order valence-corrected chi connectivity index (χ3v) is 24.6. The minimum atomic E-state index is -2.47. The molecule has 0 aromatic heterocycles. The van der Waals surface area contributed by atoms with Crippen LogP contribution in [0.25, 0.3) is 11.1 Å². The standard InChI is InChI=1S/C26H26NO.3C4H9.Sn/c1-2-25(21-9-5-3-6-10-21)26(22-11-7-4-8-12-22)23-13-15-24(16-14-23)28-20-19-27-17-18-27;3*1-3-4-2;/h3,5-16H,2,17-20H2,1H3;3*1,3-4H2,2H3;/b26-25+;;;;. The van der Waals surface area contributed by atoms with E-state index in [2.05, 4.69) is 111 Å². The zero-order valence-electron chi connectivity index (χ0n) is 26.3. The molecule has 0 unspecified atom stereocenters. The molecule has 41 heavy (non-hydrogen) atoms. The van der Waals surface area contributed by atoms with Gasteiger partial charge in [-0.05, 0) is 0 Å². The number of nitrogens with zero attached hydrogens (tertiary/aromatic N) is 1. The van der Waals surface area contributed by atoms with Crippen molar-refractivity contribution in [3.63, 3.8) is 0 Å². The van der Waals surface area contributed by atoms with Gasteiger partial charge >= 0.3 is 238 Å². The number of rotatable bonds is 18. The summed E-state index contributed by atoms with van der Waals surface area (Å²) in [5.74, 6) is 0.963. The maximum absolute atomic E-state index is 6.07. The van der Waals surface area contributed by atoms with Crippen molar-refractivity contribution in [2.24, 2.45) is 0 Å². The molecule has 220 valence electrons. The molecule has 1 aliphatic heterocycles. The molecule has 1 fully saturated rings. The molecule has 1 heterocycles. The number of hydrogen-bond donors (Lipinski definition) is 0. The summed E-state index contributed by atoms with van der Waals surface area (Å²) in [6.45, 7) is 13.6. The summed E-state index contributed by atoms with van der Waals surface area (Å²) in [6.07, 6.45) is 9.14. The van der Waals surface area contributed by atoms with E-state index in [4.69, 9.17) is 4.74 Å². The molecule has 0 amide bonds. The van der Waals surface area contributed by atoms with Gasteiger partial charge in [0.15, 0.2) is 0 Å². The predicted molar refractivity (Wildman–Crippen MR) is 182 cm³/mol. The van der Waals surface area contributed by atoms with Gasteiger partial charge in [-0.15, -0.1) is 0 Å². The Bertz CT molecular complexity index is 1170. The van der Waals surface area contributed by atoms with E-state index < -0.39 is 18.4 Å². The van der Waals surface area contributed by atoms with E-state index in [1.54, 1.807) is 3.58 Å². The van der Waals surface area contributed by atoms with Crippen molar-refractivity contribution in [1.82, 2.24) is 4.90 Å². The monoisotopic (exact) mass is 659 g/mol. The molecular weight excluding hydrogens is 605 g/mol. The van der Waals surface area contributed by atoms with Crippen LogP contribution >= 0.6 is 0 Å². The van der Waals surface area contributed by atoms with Crippen LogP contribution in [-0.2, 0) is 0 Å². The number of hydrogen-bond acceptors (Lipinski definition) is 2. The Kier molecular flexibility index (Phi) is 12.9. The second-order valence-corrected chi connectivity index (χ2v) is 25.2. The molecule has 0 atom stereocenters. The van der Waals surface area contributed by atoms with Crippen LogP contribution < -0.4 is 8.32 Å². The Morgan fingerprint density at radius 1 is 0.659 bits per heavy atom. The molecule has 0 spiro atoms. The average Bonchev–Trinajstić information content (AvgIpc) is 3.85. The van der Waals surface area contributed by atoms with Gasteiger partial charge in [-0.25, -0.2) is 0 Å². The summed E-state index contributed by atoms with van der Waals surface area (Å²) in [6, 6.07) is 29.9. The molecule has 0 N–H and O–H groups in total. The first-order valence-corrected chi connectivity index (χ1v) is 24.0. The molecule has 0 radical (unpaired) electrons. The number of benzene rings is 3. The third-order valence-electron chi connectivity index (χ3n) is 8.95. The van der Waals surface area contributed by atoms with Crippen molar-refractivity contribution in [1.29, 1.82) is 0 Å². The summed E-state index contributed by atoms with van der Waals surface area (Å²) in [4.78, 5) is 2.40. The van der Waals surface area contributed by atoms with Gasteiger partial charge in [0.05, 0.1) is 0 Å². The third kappa shape index (κ3) is 8.97. The van der Waals surface area contributed by atoms with Crippen molar-refractivity contribution < 1.29 is 4.74 Å². The molecular formula is C38H53NOSn. The SMILES string of the molecule is CCC[CH2][Sn]([CH2]CCC)([CH2]CCC)[c]1ccc(/C(=C(/CC)c2ccccc2)c2ccc(OCCN3CC3)cc2)cc1. The van der Waals surface area contributed by atoms with E-state index >= 15 is 0 Å². The van der Waals surface area contributed by atoms with Crippen LogP contribution in [0.2, 0.25) is 13.3 Å². The fourth-order valence-corrected chi connectivity index (χ4v) is 22.3. The summed E-state index contributed by atoms with van der Waals surface area (Å²) in [7, 11) is 0. The minimum absolute atomic E-state index is 0.759. The van der Waals surface area contributed by atoms with Gasteiger partial charge in [0.25, 0.3) is 0 Å². The van der Waals surface area contributed by atoms with Crippen molar-refractivity contribution >= 4 is 33.1 Å². The number of ether oxygens (including phenoxy) is 1. The van der Waals surface area contributed by atoms with E-state index in [9.17, 15) is 0 Å². The molecule has 3 aromatic carbocycles. The first-order chi connectivity index (χ1) is 20.1. The summed E-state index contributed by atoms with van der Waals surface area (Å²) < 4.78 is 12.4. The fraction of sp³-hybridized carbons (Fsp3) is 0.474. The Labute approximate surface area is 255 Å². The van der Waals surface area contributed by atoms with Gasteiger partial charge in [0, 0.05) is 13.1 Å². The van der Waals surface area contributed by atoms with Crippen molar-refractivity contribution in [3.8, 4) is 5.75 Å². The van der Waals surface area contributed by atoms with Gasteiger partial charge in [-0.2, -0.15) is 0 Å². The zero-order chi connectivity index (χ0) is 28.9. The van der Waals surface area contributed by atoms with E-state index in [0.717, 1.165) is 25.3 Å². The molecule has 0 saturated carbocycles. The molecule has 0 bridgehead atoms. The second kappa shape index (κ2) is 16.6. The van der Waals surface area contributed by atoms with E-state index in [0.29, 0.717) is 0 Å².